The molecule has 5 atom stereocenters. The Morgan fingerprint density at radius 2 is 2.15 bits per heavy atom. The van der Waals surface area contributed by atoms with E-state index in [-0.39, 0.29) is 29.3 Å². The van der Waals surface area contributed by atoms with Gasteiger partial charge in [0.2, 0.25) is 5.91 Å². The molecule has 150 valence electrons. The maximum absolute atomic E-state index is 12.5. The van der Waals surface area contributed by atoms with Crippen molar-refractivity contribution in [1.29, 1.82) is 0 Å². The topological polar surface area (TPSA) is 58.6 Å². The van der Waals surface area contributed by atoms with Crippen molar-refractivity contribution in [3.05, 3.63) is 12.2 Å². The number of carbonyl (C=O) groups is 2. The maximum Gasteiger partial charge on any atom is 0.310 e. The molecule has 1 N–H and O–H groups in total. The molecular weight excluding hydrogens is 340 g/mol. The van der Waals surface area contributed by atoms with Crippen LogP contribution in [0.25, 0.3) is 0 Å². The lowest BCUT2D eigenvalue weighted by atomic mass is 9.55. The molecule has 2 saturated heterocycles. The Bertz CT molecular complexity index is 619. The number of allylic oxidation sites excluding steroid dienone is 1. The molecule has 0 aromatic carbocycles. The van der Waals surface area contributed by atoms with E-state index in [0.717, 1.165) is 51.7 Å². The standard InChI is InChI=1S/C22H34N2O3/c1-15-6-3-8-22(2)13-19-16(12-18(15)22)17(21(26)27-19)14-23-9-5-11-24-10-4-7-20(24)25/h16-19,23H,1,3-14H2,2H3/t16-,17?,18?,19-,22-/m1/s1. The highest BCUT2D eigenvalue weighted by Gasteiger charge is 2.54. The zero-order chi connectivity index (χ0) is 19.0. The van der Waals surface area contributed by atoms with Gasteiger partial charge in [-0.2, -0.15) is 0 Å². The molecule has 2 heterocycles. The molecule has 1 amide bonds. The molecule has 0 aromatic heterocycles. The zero-order valence-corrected chi connectivity index (χ0v) is 16.7. The van der Waals surface area contributed by atoms with E-state index in [1.54, 1.807) is 0 Å². The molecular formula is C22H34N2O3. The second kappa shape index (κ2) is 7.57. The van der Waals surface area contributed by atoms with Gasteiger partial charge in [0.1, 0.15) is 6.10 Å². The number of fused-ring (bicyclic) bond motifs is 2. The normalized spacial score (nSPS) is 38.7. The Morgan fingerprint density at radius 1 is 1.30 bits per heavy atom. The highest BCUT2D eigenvalue weighted by atomic mass is 16.6. The van der Waals surface area contributed by atoms with Crippen LogP contribution in [-0.4, -0.2) is 49.1 Å². The number of esters is 1. The van der Waals surface area contributed by atoms with Crippen LogP contribution in [0.4, 0.5) is 0 Å². The van der Waals surface area contributed by atoms with Crippen molar-refractivity contribution in [3.63, 3.8) is 0 Å². The first-order chi connectivity index (χ1) is 13.0. The van der Waals surface area contributed by atoms with Gasteiger partial charge in [0.15, 0.2) is 0 Å². The van der Waals surface area contributed by atoms with Crippen LogP contribution in [0.15, 0.2) is 12.2 Å². The summed E-state index contributed by atoms with van der Waals surface area (Å²) in [5.41, 5.74) is 1.66. The van der Waals surface area contributed by atoms with Crippen LogP contribution in [0.2, 0.25) is 0 Å². The van der Waals surface area contributed by atoms with Gasteiger partial charge in [0.05, 0.1) is 5.92 Å². The Hall–Kier alpha value is -1.36. The number of ether oxygens (including phenoxy) is 1. The number of hydrogen-bond acceptors (Lipinski definition) is 4. The zero-order valence-electron chi connectivity index (χ0n) is 16.7. The molecule has 0 bridgehead atoms. The van der Waals surface area contributed by atoms with Gasteiger partial charge in [0.25, 0.3) is 0 Å². The van der Waals surface area contributed by atoms with Gasteiger partial charge in [-0.05, 0) is 62.8 Å². The van der Waals surface area contributed by atoms with Gasteiger partial charge in [-0.1, -0.05) is 19.1 Å². The third-order valence-electron chi connectivity index (χ3n) is 7.64. The highest BCUT2D eigenvalue weighted by Crippen LogP contribution is 2.56. The predicted molar refractivity (Wildman–Crippen MR) is 104 cm³/mol. The van der Waals surface area contributed by atoms with E-state index in [2.05, 4.69) is 18.8 Å². The van der Waals surface area contributed by atoms with Gasteiger partial charge >= 0.3 is 5.97 Å². The van der Waals surface area contributed by atoms with E-state index < -0.39 is 0 Å². The fraction of sp³-hybridized carbons (Fsp3) is 0.818. The Labute approximate surface area is 162 Å². The smallest absolute Gasteiger partial charge is 0.310 e. The van der Waals surface area contributed by atoms with Crippen LogP contribution in [0.3, 0.4) is 0 Å². The molecule has 5 heteroatoms. The lowest BCUT2D eigenvalue weighted by molar-refractivity contribution is -0.146. The molecule has 2 aliphatic heterocycles. The lowest BCUT2D eigenvalue weighted by Crippen LogP contribution is -2.45. The summed E-state index contributed by atoms with van der Waals surface area (Å²) in [4.78, 5) is 26.1. The Morgan fingerprint density at radius 3 is 2.93 bits per heavy atom. The van der Waals surface area contributed by atoms with Crippen molar-refractivity contribution >= 4 is 11.9 Å². The number of likely N-dealkylation sites (tertiary alicyclic amines) is 1. The van der Waals surface area contributed by atoms with Crippen LogP contribution in [0.1, 0.15) is 58.3 Å². The fourth-order valence-electron chi connectivity index (χ4n) is 6.08. The van der Waals surface area contributed by atoms with Crippen LogP contribution in [0, 0.1) is 23.2 Å². The number of rotatable bonds is 6. The first-order valence-corrected chi connectivity index (χ1v) is 10.8. The summed E-state index contributed by atoms with van der Waals surface area (Å²) < 4.78 is 5.82. The molecule has 0 aromatic rings. The summed E-state index contributed by atoms with van der Waals surface area (Å²) in [6, 6.07) is 0. The van der Waals surface area contributed by atoms with Crippen molar-refractivity contribution in [2.24, 2.45) is 23.2 Å². The molecule has 4 fully saturated rings. The van der Waals surface area contributed by atoms with Gasteiger partial charge in [-0.25, -0.2) is 0 Å². The van der Waals surface area contributed by atoms with E-state index in [1.807, 2.05) is 4.90 Å². The van der Waals surface area contributed by atoms with Crippen molar-refractivity contribution in [3.8, 4) is 0 Å². The molecule has 4 aliphatic rings. The van der Waals surface area contributed by atoms with Crippen LogP contribution < -0.4 is 5.32 Å². The van der Waals surface area contributed by atoms with Crippen LogP contribution in [-0.2, 0) is 14.3 Å². The minimum atomic E-state index is -0.0253. The second-order valence-corrected chi connectivity index (χ2v) is 9.45. The Balaban J connectivity index is 1.28. The van der Waals surface area contributed by atoms with Crippen molar-refractivity contribution in [1.82, 2.24) is 10.2 Å². The van der Waals surface area contributed by atoms with Crippen molar-refractivity contribution < 1.29 is 14.3 Å². The van der Waals surface area contributed by atoms with Crippen molar-refractivity contribution in [2.75, 3.05) is 26.2 Å². The average molecular weight is 375 g/mol. The first kappa shape index (κ1) is 19.0. The molecule has 2 unspecified atom stereocenters. The monoisotopic (exact) mass is 374 g/mol. The van der Waals surface area contributed by atoms with Gasteiger partial charge in [-0.15, -0.1) is 0 Å². The van der Waals surface area contributed by atoms with E-state index in [9.17, 15) is 9.59 Å². The fourth-order valence-corrected chi connectivity index (χ4v) is 6.08. The summed E-state index contributed by atoms with van der Waals surface area (Å²) >= 11 is 0. The maximum atomic E-state index is 12.5. The molecule has 2 saturated carbocycles. The van der Waals surface area contributed by atoms with E-state index in [0.29, 0.717) is 24.8 Å². The van der Waals surface area contributed by atoms with Gasteiger partial charge < -0.3 is 15.0 Å². The largest absolute Gasteiger partial charge is 0.462 e. The second-order valence-electron chi connectivity index (χ2n) is 9.45. The molecule has 2 aliphatic carbocycles. The summed E-state index contributed by atoms with van der Waals surface area (Å²) in [6.07, 6.45) is 8.39. The highest BCUT2D eigenvalue weighted by molar-refractivity contribution is 5.78. The Kier molecular flexibility index (Phi) is 5.32. The number of nitrogens with zero attached hydrogens (tertiary/aromatic N) is 1. The number of hydrogen-bond donors (Lipinski definition) is 1. The number of amides is 1. The van der Waals surface area contributed by atoms with E-state index in [4.69, 9.17) is 4.74 Å². The summed E-state index contributed by atoms with van der Waals surface area (Å²) in [5, 5.41) is 3.46. The molecule has 0 spiro atoms. The minimum absolute atomic E-state index is 0.0138. The van der Waals surface area contributed by atoms with E-state index in [1.165, 1.54) is 18.4 Å². The third-order valence-corrected chi connectivity index (χ3v) is 7.64. The van der Waals surface area contributed by atoms with Gasteiger partial charge in [0, 0.05) is 32.0 Å². The molecule has 4 rings (SSSR count). The summed E-state index contributed by atoms with van der Waals surface area (Å²) in [5.74, 6) is 1.13. The lowest BCUT2D eigenvalue weighted by Gasteiger charge is -2.50. The van der Waals surface area contributed by atoms with Crippen LogP contribution in [0.5, 0.6) is 0 Å². The third kappa shape index (κ3) is 3.67. The minimum Gasteiger partial charge on any atom is -0.462 e. The summed E-state index contributed by atoms with van der Waals surface area (Å²) in [7, 11) is 0. The van der Waals surface area contributed by atoms with E-state index >= 15 is 0 Å². The SMILES string of the molecule is C=C1CCC[C@]2(C)C[C@H]3OC(=O)C(CNCCCN4CCCC4=O)[C@H]3CC12. The van der Waals surface area contributed by atoms with Gasteiger partial charge in [-0.3, -0.25) is 9.59 Å². The molecule has 0 radical (unpaired) electrons. The molecule has 5 nitrogen and oxygen atoms in total. The molecule has 27 heavy (non-hydrogen) atoms. The first-order valence-electron chi connectivity index (χ1n) is 10.8. The average Bonchev–Trinajstić information content (AvgIpc) is 3.15. The van der Waals surface area contributed by atoms with Crippen molar-refractivity contribution in [2.45, 2.75) is 64.4 Å². The quantitative estimate of drug-likeness (QED) is 0.441. The number of nitrogens with one attached hydrogen (secondary N) is 1. The number of carbonyl (C=O) groups excluding carboxylic acids is 2. The van der Waals surface area contributed by atoms with Crippen LogP contribution >= 0.6 is 0 Å². The summed E-state index contributed by atoms with van der Waals surface area (Å²) in [6.45, 7) is 10.0. The predicted octanol–water partition coefficient (Wildman–Crippen LogP) is 2.90.